The van der Waals surface area contributed by atoms with Crippen molar-refractivity contribution in [3.05, 3.63) is 44.1 Å². The van der Waals surface area contributed by atoms with E-state index in [-0.39, 0.29) is 12.2 Å². The smallest absolute Gasteiger partial charge is 0.472 e. The molecule has 0 fully saturated rings. The zero-order valence-electron chi connectivity index (χ0n) is 18.7. The Morgan fingerprint density at radius 3 is 2.11 bits per heavy atom. The van der Waals surface area contributed by atoms with Gasteiger partial charge in [-0.2, -0.15) is 13.2 Å². The predicted octanol–water partition coefficient (Wildman–Crippen LogP) is 6.00. The standard InChI is InChI=1S/C22H22F3I4N3O4/c1-2-3-4-5-30-20(34)17(31-32-21(35)22(23,24)25)8-11-6-15(28)19(16(29)7-11)36-12-9-13(26)18(33)14(27)10-12/h6-7,9-10,17,31,33H,2-5,8H2,1H3,(H,30,34)(H,32,35)/t17-/m0/s1. The Morgan fingerprint density at radius 2 is 1.58 bits per heavy atom. The zero-order valence-corrected chi connectivity index (χ0v) is 27.4. The number of halogens is 7. The Balaban J connectivity index is 2.22. The fourth-order valence-electron chi connectivity index (χ4n) is 2.93. The van der Waals surface area contributed by atoms with E-state index in [1.165, 1.54) is 0 Å². The molecule has 0 unspecified atom stereocenters. The lowest BCUT2D eigenvalue weighted by molar-refractivity contribution is -0.175. The molecule has 0 spiro atoms. The van der Waals surface area contributed by atoms with Gasteiger partial charge in [0.1, 0.15) is 17.5 Å². The van der Waals surface area contributed by atoms with Gasteiger partial charge in [-0.05, 0) is 133 Å². The number of carbonyl (C=O) groups is 2. The molecule has 0 radical (unpaired) electrons. The summed E-state index contributed by atoms with van der Waals surface area (Å²) in [6.07, 6.45) is -2.46. The number of unbranched alkanes of at least 4 members (excludes halogenated alkanes) is 2. The molecule has 0 aliphatic heterocycles. The molecule has 0 aromatic heterocycles. The highest BCUT2D eigenvalue weighted by atomic mass is 127. The third-order valence-electron chi connectivity index (χ3n) is 4.72. The summed E-state index contributed by atoms with van der Waals surface area (Å²) in [6, 6.07) is 5.80. The first-order valence-electron chi connectivity index (χ1n) is 10.6. The summed E-state index contributed by atoms with van der Waals surface area (Å²) in [7, 11) is 0. The van der Waals surface area contributed by atoms with Crippen molar-refractivity contribution in [1.29, 1.82) is 0 Å². The van der Waals surface area contributed by atoms with Crippen LogP contribution in [-0.4, -0.2) is 35.7 Å². The highest BCUT2D eigenvalue weighted by molar-refractivity contribution is 14.1. The number of carbonyl (C=O) groups excluding carboxylic acids is 2. The van der Waals surface area contributed by atoms with Gasteiger partial charge in [0, 0.05) is 6.54 Å². The molecule has 4 N–H and O–H groups in total. The first kappa shape index (κ1) is 31.9. The van der Waals surface area contributed by atoms with Gasteiger partial charge in [-0.1, -0.05) is 19.8 Å². The van der Waals surface area contributed by atoms with Crippen LogP contribution in [0.2, 0.25) is 0 Å². The lowest BCUT2D eigenvalue weighted by atomic mass is 10.1. The summed E-state index contributed by atoms with van der Waals surface area (Å²) in [6.45, 7) is 2.39. The highest BCUT2D eigenvalue weighted by Gasteiger charge is 2.39. The molecular formula is C22H22F3I4N3O4. The second-order valence-corrected chi connectivity index (χ2v) is 12.2. The SMILES string of the molecule is CCCCCNC(=O)[C@H](Cc1cc(I)c(Oc2cc(I)c(O)c(I)c2)c(I)c1)NNC(=O)C(F)(F)F. The second kappa shape index (κ2) is 14.7. The molecule has 2 amide bonds. The Hall–Kier alpha value is -0.350. The van der Waals surface area contributed by atoms with Crippen LogP contribution in [0.3, 0.4) is 0 Å². The number of alkyl halides is 3. The van der Waals surface area contributed by atoms with E-state index >= 15 is 0 Å². The van der Waals surface area contributed by atoms with Crippen molar-refractivity contribution >= 4 is 102 Å². The van der Waals surface area contributed by atoms with Crippen molar-refractivity contribution in [2.24, 2.45) is 0 Å². The van der Waals surface area contributed by atoms with E-state index in [0.717, 1.165) is 19.3 Å². The maximum absolute atomic E-state index is 12.7. The van der Waals surface area contributed by atoms with Gasteiger partial charge in [0.15, 0.2) is 5.75 Å². The Morgan fingerprint density at radius 1 is 1.00 bits per heavy atom. The molecule has 2 rings (SSSR count). The van der Waals surface area contributed by atoms with Crippen LogP contribution in [0.4, 0.5) is 13.2 Å². The van der Waals surface area contributed by atoms with Crippen LogP contribution in [0.15, 0.2) is 24.3 Å². The van der Waals surface area contributed by atoms with Gasteiger partial charge < -0.3 is 15.2 Å². The highest BCUT2D eigenvalue weighted by Crippen LogP contribution is 2.37. The van der Waals surface area contributed by atoms with Crippen molar-refractivity contribution in [3.8, 4) is 17.2 Å². The summed E-state index contributed by atoms with van der Waals surface area (Å²) >= 11 is 8.17. The summed E-state index contributed by atoms with van der Waals surface area (Å²) < 4.78 is 46.6. The van der Waals surface area contributed by atoms with Crippen molar-refractivity contribution in [1.82, 2.24) is 16.2 Å². The number of phenols is 1. The molecule has 0 bridgehead atoms. The number of ether oxygens (including phenoxy) is 1. The van der Waals surface area contributed by atoms with Gasteiger partial charge in [0.25, 0.3) is 0 Å². The number of amides is 2. The molecule has 2 aromatic rings. The lowest BCUT2D eigenvalue weighted by Crippen LogP contribution is -2.55. The lowest BCUT2D eigenvalue weighted by Gasteiger charge is -2.20. The minimum absolute atomic E-state index is 0.0268. The minimum Gasteiger partial charge on any atom is -0.506 e. The van der Waals surface area contributed by atoms with Gasteiger partial charge >= 0.3 is 12.1 Å². The van der Waals surface area contributed by atoms with Crippen LogP contribution < -0.4 is 20.9 Å². The van der Waals surface area contributed by atoms with E-state index in [4.69, 9.17) is 4.74 Å². The normalized spacial score (nSPS) is 12.2. The number of nitrogens with one attached hydrogen (secondary N) is 3. The van der Waals surface area contributed by atoms with E-state index < -0.39 is 24.0 Å². The third-order valence-corrected chi connectivity index (χ3v) is 7.97. The zero-order chi connectivity index (χ0) is 27.0. The van der Waals surface area contributed by atoms with Gasteiger partial charge in [0.2, 0.25) is 5.91 Å². The average molecular weight is 957 g/mol. The van der Waals surface area contributed by atoms with E-state index in [0.29, 0.717) is 37.9 Å². The molecule has 0 saturated heterocycles. The number of benzene rings is 2. The van der Waals surface area contributed by atoms with Crippen molar-refractivity contribution in [2.75, 3.05) is 6.54 Å². The van der Waals surface area contributed by atoms with Gasteiger partial charge in [-0.25, -0.2) is 5.43 Å². The van der Waals surface area contributed by atoms with Gasteiger partial charge in [-0.3, -0.25) is 15.0 Å². The Kier molecular flexibility index (Phi) is 13.0. The topological polar surface area (TPSA) is 99.7 Å². The molecule has 0 aliphatic carbocycles. The second-order valence-electron chi connectivity index (χ2n) is 7.58. The molecule has 0 saturated carbocycles. The third kappa shape index (κ3) is 9.75. The Bertz CT molecular complexity index is 1060. The number of rotatable bonds is 11. The van der Waals surface area contributed by atoms with Crippen LogP contribution in [0.25, 0.3) is 0 Å². The first-order valence-corrected chi connectivity index (χ1v) is 14.9. The summed E-state index contributed by atoms with van der Waals surface area (Å²) in [4.78, 5) is 24.0. The van der Waals surface area contributed by atoms with E-state index in [9.17, 15) is 27.9 Å². The van der Waals surface area contributed by atoms with E-state index in [1.54, 1.807) is 29.7 Å². The monoisotopic (exact) mass is 957 g/mol. The molecule has 7 nitrogen and oxygen atoms in total. The summed E-state index contributed by atoms with van der Waals surface area (Å²) in [5, 5.41) is 12.7. The number of hydrogen-bond acceptors (Lipinski definition) is 5. The van der Waals surface area contributed by atoms with Crippen molar-refractivity contribution < 1.29 is 32.6 Å². The molecule has 1 atom stereocenters. The van der Waals surface area contributed by atoms with Crippen molar-refractivity contribution in [2.45, 2.75) is 44.8 Å². The quantitative estimate of drug-likeness (QED) is 0.126. The van der Waals surface area contributed by atoms with Crippen LogP contribution in [-0.2, 0) is 16.0 Å². The number of phenolic OH excluding ortho intramolecular Hbond substituents is 1. The number of hydrazine groups is 1. The number of aromatic hydroxyl groups is 1. The molecular weight excluding hydrogens is 935 g/mol. The fraction of sp³-hybridized carbons (Fsp3) is 0.364. The molecule has 0 heterocycles. The van der Waals surface area contributed by atoms with E-state index in [1.807, 2.05) is 52.1 Å². The molecule has 2 aromatic carbocycles. The predicted molar refractivity (Wildman–Crippen MR) is 163 cm³/mol. The van der Waals surface area contributed by atoms with Crippen molar-refractivity contribution in [3.63, 3.8) is 0 Å². The fourth-order valence-corrected chi connectivity index (χ4v) is 6.75. The van der Waals surface area contributed by atoms with E-state index in [2.05, 4.69) is 55.9 Å². The van der Waals surface area contributed by atoms with Crippen LogP contribution in [0, 0.1) is 14.3 Å². The molecule has 14 heteroatoms. The first-order chi connectivity index (χ1) is 16.8. The van der Waals surface area contributed by atoms with Gasteiger partial charge in [-0.15, -0.1) is 0 Å². The number of hydrogen-bond donors (Lipinski definition) is 4. The maximum Gasteiger partial charge on any atom is 0.472 e. The maximum atomic E-state index is 12.7. The van der Waals surface area contributed by atoms with Gasteiger partial charge in [0.05, 0.1) is 14.3 Å². The summed E-state index contributed by atoms with van der Waals surface area (Å²) in [5.41, 5.74) is 4.48. The average Bonchev–Trinajstić information content (AvgIpc) is 2.79. The molecule has 0 aliphatic rings. The Labute approximate surface area is 261 Å². The largest absolute Gasteiger partial charge is 0.506 e. The van der Waals surface area contributed by atoms with Crippen LogP contribution >= 0.6 is 90.4 Å². The molecule has 36 heavy (non-hydrogen) atoms. The minimum atomic E-state index is -5.08. The summed E-state index contributed by atoms with van der Waals surface area (Å²) in [5.74, 6) is -1.43. The van der Waals surface area contributed by atoms with Crippen LogP contribution in [0.5, 0.6) is 17.2 Å². The molecule has 198 valence electrons. The van der Waals surface area contributed by atoms with Crippen LogP contribution in [0.1, 0.15) is 31.7 Å².